The van der Waals surface area contributed by atoms with E-state index in [1.54, 1.807) is 47.7 Å². The van der Waals surface area contributed by atoms with Crippen molar-refractivity contribution < 1.29 is 23.7 Å². The number of carbonyl (C=O) groups excluding carboxylic acids is 1. The van der Waals surface area contributed by atoms with Gasteiger partial charge in [-0.3, -0.25) is 4.79 Å². The lowest BCUT2D eigenvalue weighted by Gasteiger charge is -2.38. The van der Waals surface area contributed by atoms with E-state index in [-0.39, 0.29) is 14.3 Å². The van der Waals surface area contributed by atoms with Crippen LogP contribution in [0.4, 0.5) is 0 Å². The summed E-state index contributed by atoms with van der Waals surface area (Å²) in [5.41, 5.74) is 22.0. The molecule has 23 heteroatoms. The molecule has 0 saturated heterocycles. The van der Waals surface area contributed by atoms with Crippen molar-refractivity contribution in [2.24, 2.45) is 31.8 Å². The molecule has 4 aromatic rings. The summed E-state index contributed by atoms with van der Waals surface area (Å²) in [6.45, 7) is 10.6. The van der Waals surface area contributed by atoms with Crippen LogP contribution in [-0.4, -0.2) is 82.3 Å². The predicted octanol–water partition coefficient (Wildman–Crippen LogP) is 12.7. The molecule has 0 radical (unpaired) electrons. The minimum absolute atomic E-state index is 0.127. The number of hydrogen-bond acceptors (Lipinski definition) is 14. The Morgan fingerprint density at radius 1 is 0.638 bits per heavy atom. The SMILES string of the molecule is CCCC(C)(Oc1ccc(/C=N/N(C)[P+](=S)C(C)(CC)Oc2ccc(/C=N/N(C)[P+](=S)C(C)(CC)Oc3ccc(/C=N/N(C)[P+](=S)C(C)Oc4ccc(C=O)cc4)cc3)cc2)cc1)P(N)P(N)PN. The van der Waals surface area contributed by atoms with E-state index < -0.39 is 51.8 Å². The number of hydrogen-bond donors (Lipinski definition) is 3. The molecule has 0 aromatic heterocycles. The molecular weight excluding hydrogens is 1040 g/mol. The number of benzene rings is 4. The molecule has 10 unspecified atom stereocenters. The number of carbonyl (C=O) groups is 1. The number of aldehydes is 1. The number of nitrogens with zero attached hydrogens (tertiary/aromatic N) is 6. The van der Waals surface area contributed by atoms with E-state index in [1.165, 1.54) is 0 Å². The lowest BCUT2D eigenvalue weighted by atomic mass is 10.2. The smallest absolute Gasteiger partial charge is 0.358 e. The van der Waals surface area contributed by atoms with Crippen molar-refractivity contribution in [3.63, 3.8) is 0 Å². The maximum Gasteiger partial charge on any atom is 0.358 e. The van der Waals surface area contributed by atoms with Gasteiger partial charge in [0.05, 0.1) is 47.5 Å². The summed E-state index contributed by atoms with van der Waals surface area (Å²) in [5.74, 6) is 2.51. The monoisotopic (exact) mass is 1110 g/mol. The molecule has 0 heterocycles. The molecule has 0 aliphatic rings. The topological polar surface area (TPSA) is 179 Å². The minimum Gasteiger partial charge on any atom is -0.481 e. The normalized spacial score (nSPS) is 16.5. The number of ether oxygens (including phenoxy) is 4. The van der Waals surface area contributed by atoms with Gasteiger partial charge in [0.25, 0.3) is 16.5 Å². The van der Waals surface area contributed by atoms with Crippen molar-refractivity contribution in [2.45, 2.75) is 96.0 Å². The Morgan fingerprint density at radius 2 is 1.00 bits per heavy atom. The molecule has 0 aliphatic heterocycles. The van der Waals surface area contributed by atoms with Crippen molar-refractivity contribution in [3.05, 3.63) is 119 Å². The van der Waals surface area contributed by atoms with Crippen molar-refractivity contribution in [1.82, 2.24) is 14.3 Å². The highest BCUT2D eigenvalue weighted by atomic mass is 32.5. The maximum atomic E-state index is 11.0. The first-order valence-corrected chi connectivity index (χ1v) is 34.6. The van der Waals surface area contributed by atoms with Gasteiger partial charge in [0.2, 0.25) is 0 Å². The van der Waals surface area contributed by atoms with E-state index in [0.717, 1.165) is 41.6 Å². The highest BCUT2D eigenvalue weighted by Gasteiger charge is 2.46. The van der Waals surface area contributed by atoms with Crippen LogP contribution in [0.1, 0.15) is 101 Å². The standard InChI is InChI=1S/C46H66N9O5P6S3/c1-11-30-46(7,63(48)66(49)61-47)60-43-28-18-38(19-29-43)33-52-55(10)65(69)45(6,13-3)59-42-26-16-37(17-27-42)32-51-54(9)64(68)44(5,12-2)58-41-24-14-36(15-25-41)31-50-53(8)62(67)35(4)57-40-22-20-39(34-56)21-23-40/h14-29,31-35,61H,11-13,30,47-49H2,1-10H3/q+3/b50-31+,51-32+,52-33+. The van der Waals surface area contributed by atoms with Crippen LogP contribution in [-0.2, 0) is 35.4 Å². The molecular formula is C46H66N9O5P6S3+3. The minimum atomic E-state index is -1.28. The Kier molecular flexibility index (Phi) is 23.4. The van der Waals surface area contributed by atoms with Crippen molar-refractivity contribution in [3.8, 4) is 23.0 Å². The summed E-state index contributed by atoms with van der Waals surface area (Å²) in [6.07, 6.45) is 9.22. The van der Waals surface area contributed by atoms with Crippen LogP contribution >= 0.6 is 44.2 Å². The van der Waals surface area contributed by atoms with Gasteiger partial charge in [0.1, 0.15) is 34.6 Å². The molecule has 0 spiro atoms. The molecule has 4 rings (SSSR count). The van der Waals surface area contributed by atoms with Crippen molar-refractivity contribution in [1.29, 1.82) is 0 Å². The van der Waals surface area contributed by atoms with Gasteiger partial charge in [-0.25, -0.2) is 0 Å². The second-order valence-corrected chi connectivity index (χ2v) is 34.0. The average molecular weight is 1110 g/mol. The van der Waals surface area contributed by atoms with E-state index >= 15 is 0 Å². The van der Waals surface area contributed by atoms with Gasteiger partial charge in [-0.05, 0) is 136 Å². The van der Waals surface area contributed by atoms with Gasteiger partial charge in [-0.1, -0.05) is 27.2 Å². The van der Waals surface area contributed by atoms with Gasteiger partial charge < -0.3 is 35.5 Å². The largest absolute Gasteiger partial charge is 0.481 e. The molecule has 10 atom stereocenters. The van der Waals surface area contributed by atoms with Crippen LogP contribution in [0.25, 0.3) is 0 Å². The van der Waals surface area contributed by atoms with Crippen molar-refractivity contribution in [2.75, 3.05) is 21.1 Å². The van der Waals surface area contributed by atoms with Crippen LogP contribution < -0.4 is 35.5 Å². The van der Waals surface area contributed by atoms with Gasteiger partial charge >= 0.3 is 20.5 Å². The van der Waals surface area contributed by atoms with E-state index in [9.17, 15) is 4.79 Å². The number of rotatable bonds is 28. The zero-order valence-corrected chi connectivity index (χ0v) is 48.8. The molecule has 0 aliphatic carbocycles. The molecule has 0 amide bonds. The Hall–Kier alpha value is -3.11. The Bertz CT molecular complexity index is 2430. The molecule has 0 saturated carbocycles. The fraction of sp³-hybridized carbons (Fsp3) is 0.391. The summed E-state index contributed by atoms with van der Waals surface area (Å²) in [5, 5.41) is 12.1. The van der Waals surface area contributed by atoms with Gasteiger partial charge in [-0.2, -0.15) is 0 Å². The summed E-state index contributed by atoms with van der Waals surface area (Å²) in [4.78, 5) is 11.0. The molecule has 6 N–H and O–H groups in total. The van der Waals surface area contributed by atoms with Crippen molar-refractivity contribution >= 4 is 105 Å². The summed E-state index contributed by atoms with van der Waals surface area (Å²) in [6, 6.07) is 30.2. The lowest BCUT2D eigenvalue weighted by molar-refractivity contribution is 0.112. The molecule has 14 nitrogen and oxygen atoms in total. The van der Waals surface area contributed by atoms with Crippen LogP contribution in [0.15, 0.2) is 112 Å². The summed E-state index contributed by atoms with van der Waals surface area (Å²) in [7, 11) is 3.70. The average Bonchev–Trinajstić information content (AvgIpc) is 3.36. The zero-order valence-electron chi connectivity index (χ0n) is 40.9. The third-order valence-electron chi connectivity index (χ3n) is 10.9. The first kappa shape index (κ1) is 58.5. The van der Waals surface area contributed by atoms with Gasteiger partial charge in [-0.15, -0.1) is 29.6 Å². The van der Waals surface area contributed by atoms with Crippen LogP contribution in [0.5, 0.6) is 23.0 Å². The first-order valence-electron chi connectivity index (χ1n) is 22.1. The van der Waals surface area contributed by atoms with E-state index in [2.05, 4.69) is 25.9 Å². The molecule has 4 aromatic carbocycles. The van der Waals surface area contributed by atoms with Crippen LogP contribution in [0, 0.1) is 0 Å². The van der Waals surface area contributed by atoms with E-state index in [0.29, 0.717) is 35.7 Å². The molecule has 370 valence electrons. The molecule has 0 fully saturated rings. The fourth-order valence-electron chi connectivity index (χ4n) is 6.40. The lowest BCUT2D eigenvalue weighted by Crippen LogP contribution is -2.32. The Balaban J connectivity index is 1.30. The Morgan fingerprint density at radius 3 is 1.36 bits per heavy atom. The zero-order chi connectivity index (χ0) is 50.9. The first-order chi connectivity index (χ1) is 32.7. The quantitative estimate of drug-likeness (QED) is 0.0212. The third-order valence-corrected chi connectivity index (χ3v) is 29.8. The highest BCUT2D eigenvalue weighted by molar-refractivity contribution is 8.55. The number of hydrazone groups is 3. The van der Waals surface area contributed by atoms with E-state index in [4.69, 9.17) is 81.1 Å². The molecule has 0 bridgehead atoms. The maximum absolute atomic E-state index is 11.0. The highest BCUT2D eigenvalue weighted by Crippen LogP contribution is 2.74. The summed E-state index contributed by atoms with van der Waals surface area (Å²) >= 11 is 17.9. The van der Waals surface area contributed by atoms with Gasteiger partial charge in [0, 0.05) is 46.6 Å². The van der Waals surface area contributed by atoms with Crippen LogP contribution in [0.3, 0.4) is 0 Å². The van der Waals surface area contributed by atoms with Gasteiger partial charge in [0.15, 0.2) is 35.4 Å². The van der Waals surface area contributed by atoms with Crippen LogP contribution in [0.2, 0.25) is 0 Å². The predicted molar refractivity (Wildman–Crippen MR) is 307 cm³/mol. The Labute approximate surface area is 431 Å². The summed E-state index contributed by atoms with van der Waals surface area (Å²) < 4.78 is 31.0. The second-order valence-electron chi connectivity index (χ2n) is 16.3. The number of nitrogens with two attached hydrogens (primary N) is 3. The third kappa shape index (κ3) is 17.0. The second kappa shape index (κ2) is 27.6. The molecule has 69 heavy (non-hydrogen) atoms. The fourth-order valence-corrected chi connectivity index (χ4v) is 17.6. The van der Waals surface area contributed by atoms with E-state index in [1.807, 2.05) is 131 Å².